The molecule has 1 aliphatic rings. The molecule has 0 aromatic heterocycles. The van der Waals surface area contributed by atoms with Gasteiger partial charge in [-0.2, -0.15) is 0 Å². The lowest BCUT2D eigenvalue weighted by molar-refractivity contribution is -0.0108. The molecule has 0 fully saturated rings. The van der Waals surface area contributed by atoms with Crippen molar-refractivity contribution in [2.24, 2.45) is 4.99 Å². The topological polar surface area (TPSA) is 41.8 Å². The molecule has 0 saturated heterocycles. The summed E-state index contributed by atoms with van der Waals surface area (Å²) in [5.41, 5.74) is 0.901. The first-order valence-corrected chi connectivity index (χ1v) is 3.33. The summed E-state index contributed by atoms with van der Waals surface area (Å²) in [6.07, 6.45) is 0.564. The monoisotopic (exact) mass is 149 g/mol. The molecule has 11 heavy (non-hydrogen) atoms. The fraction of sp³-hybridized carbons (Fsp3) is 0.125. The smallest absolute Gasteiger partial charge is 0.298 e. The molecule has 1 aromatic carbocycles. The van der Waals surface area contributed by atoms with E-state index in [1.807, 2.05) is 18.2 Å². The maximum absolute atomic E-state index is 8.94. The van der Waals surface area contributed by atoms with Crippen LogP contribution in [-0.2, 0) is 0 Å². The van der Waals surface area contributed by atoms with E-state index >= 15 is 0 Å². The van der Waals surface area contributed by atoms with Gasteiger partial charge in [0.15, 0.2) is 0 Å². The summed E-state index contributed by atoms with van der Waals surface area (Å²) in [6.45, 7) is 0. The number of hydrogen-bond donors (Lipinski definition) is 1. The highest BCUT2D eigenvalue weighted by atomic mass is 16.6. The minimum absolute atomic E-state index is 0.676. The molecule has 1 atom stereocenters. The summed E-state index contributed by atoms with van der Waals surface area (Å²) in [4.78, 5) is 3.68. The van der Waals surface area contributed by atoms with Crippen LogP contribution in [0.5, 0.6) is 5.75 Å². The van der Waals surface area contributed by atoms with Crippen molar-refractivity contribution in [3.63, 3.8) is 0 Å². The number of fused-ring (bicyclic) bond motifs is 1. The third kappa shape index (κ3) is 1.10. The van der Waals surface area contributed by atoms with Gasteiger partial charge >= 0.3 is 0 Å². The van der Waals surface area contributed by atoms with Crippen molar-refractivity contribution < 1.29 is 9.84 Å². The minimum Gasteiger partial charge on any atom is -0.445 e. The lowest BCUT2D eigenvalue weighted by atomic mass is 10.2. The summed E-state index contributed by atoms with van der Waals surface area (Å²) in [5.74, 6) is 0.676. The number of aliphatic imine (C=N–C) groups is 1. The number of para-hydroxylation sites is 1. The predicted octanol–water partition coefficient (Wildman–Crippen LogP) is 0.774. The van der Waals surface area contributed by atoms with Crippen LogP contribution in [-0.4, -0.2) is 17.7 Å². The molecule has 1 aromatic rings. The maximum atomic E-state index is 8.94. The van der Waals surface area contributed by atoms with Crippen molar-refractivity contribution in [2.45, 2.75) is 6.41 Å². The Morgan fingerprint density at radius 2 is 2.18 bits per heavy atom. The number of ether oxygens (including phenoxy) is 1. The summed E-state index contributed by atoms with van der Waals surface area (Å²) >= 11 is 0. The normalized spacial score (nSPS) is 20.6. The molecule has 3 nitrogen and oxygen atoms in total. The second-order valence-corrected chi connectivity index (χ2v) is 2.26. The van der Waals surface area contributed by atoms with Gasteiger partial charge in [-0.1, -0.05) is 12.1 Å². The Morgan fingerprint density at radius 3 is 3.09 bits per heavy atom. The highest BCUT2D eigenvalue weighted by Crippen LogP contribution is 2.20. The molecule has 0 bridgehead atoms. The molecule has 1 unspecified atom stereocenters. The first-order chi connectivity index (χ1) is 5.36. The van der Waals surface area contributed by atoms with E-state index in [0.717, 1.165) is 5.56 Å². The first-order valence-electron chi connectivity index (χ1n) is 3.33. The Labute approximate surface area is 64.0 Å². The van der Waals surface area contributed by atoms with Crippen LogP contribution in [0.15, 0.2) is 29.3 Å². The van der Waals surface area contributed by atoms with Gasteiger partial charge in [0.25, 0.3) is 6.41 Å². The Morgan fingerprint density at radius 1 is 1.36 bits per heavy atom. The van der Waals surface area contributed by atoms with Gasteiger partial charge in [-0.15, -0.1) is 0 Å². The average Bonchev–Trinajstić information content (AvgIpc) is 2.04. The molecule has 3 heteroatoms. The van der Waals surface area contributed by atoms with Gasteiger partial charge in [0.1, 0.15) is 5.75 Å². The molecular formula is C8H7NO2. The second kappa shape index (κ2) is 2.36. The average molecular weight is 149 g/mol. The van der Waals surface area contributed by atoms with Crippen LogP contribution in [0.1, 0.15) is 5.56 Å². The number of nitrogens with zero attached hydrogens (tertiary/aromatic N) is 1. The van der Waals surface area contributed by atoms with Crippen LogP contribution < -0.4 is 4.74 Å². The highest BCUT2D eigenvalue weighted by Gasteiger charge is 2.10. The summed E-state index contributed by atoms with van der Waals surface area (Å²) in [7, 11) is 0. The van der Waals surface area contributed by atoms with Crippen molar-refractivity contribution in [1.29, 1.82) is 0 Å². The van der Waals surface area contributed by atoms with E-state index in [9.17, 15) is 0 Å². The van der Waals surface area contributed by atoms with E-state index in [0.29, 0.717) is 5.75 Å². The largest absolute Gasteiger partial charge is 0.445 e. The van der Waals surface area contributed by atoms with Crippen LogP contribution in [0, 0.1) is 0 Å². The van der Waals surface area contributed by atoms with Gasteiger partial charge in [-0.05, 0) is 12.1 Å². The molecule has 1 heterocycles. The standard InChI is InChI=1S/C8H7NO2/c10-8-9-5-6-3-1-2-4-7(6)11-8/h1-5,8,10H. The molecule has 1 N–H and O–H groups in total. The minimum atomic E-state index is -1.04. The summed E-state index contributed by atoms with van der Waals surface area (Å²) in [6, 6.07) is 7.42. The fourth-order valence-corrected chi connectivity index (χ4v) is 0.983. The molecule has 2 rings (SSSR count). The van der Waals surface area contributed by atoms with Crippen LogP contribution in [0.25, 0.3) is 0 Å². The molecule has 56 valence electrons. The summed E-state index contributed by atoms with van der Waals surface area (Å²) in [5, 5.41) is 8.94. The van der Waals surface area contributed by atoms with Crippen molar-refractivity contribution in [3.05, 3.63) is 29.8 Å². The molecule has 0 aliphatic carbocycles. The van der Waals surface area contributed by atoms with Crippen molar-refractivity contribution in [2.75, 3.05) is 0 Å². The number of aliphatic hydroxyl groups is 1. The highest BCUT2D eigenvalue weighted by molar-refractivity contribution is 5.84. The molecule has 0 spiro atoms. The van der Waals surface area contributed by atoms with Crippen LogP contribution >= 0.6 is 0 Å². The summed E-state index contributed by atoms with van der Waals surface area (Å²) < 4.78 is 4.99. The van der Waals surface area contributed by atoms with Crippen molar-refractivity contribution in [3.8, 4) is 5.75 Å². The molecular weight excluding hydrogens is 142 g/mol. The number of aliphatic hydroxyl groups excluding tert-OH is 1. The first kappa shape index (κ1) is 6.37. The second-order valence-electron chi connectivity index (χ2n) is 2.26. The number of rotatable bonds is 0. The number of hydrogen-bond acceptors (Lipinski definition) is 3. The zero-order valence-electron chi connectivity index (χ0n) is 5.77. The predicted molar refractivity (Wildman–Crippen MR) is 40.7 cm³/mol. The van der Waals surface area contributed by atoms with Gasteiger partial charge in [0.05, 0.1) is 0 Å². The van der Waals surface area contributed by atoms with E-state index in [-0.39, 0.29) is 0 Å². The molecule has 0 radical (unpaired) electrons. The third-order valence-corrected chi connectivity index (χ3v) is 1.49. The van der Waals surface area contributed by atoms with E-state index in [4.69, 9.17) is 9.84 Å². The van der Waals surface area contributed by atoms with Crippen molar-refractivity contribution >= 4 is 6.21 Å². The Hall–Kier alpha value is -1.35. The number of benzene rings is 1. The Balaban J connectivity index is 2.46. The van der Waals surface area contributed by atoms with Crippen LogP contribution in [0.4, 0.5) is 0 Å². The molecule has 0 amide bonds. The van der Waals surface area contributed by atoms with E-state index in [1.165, 1.54) is 0 Å². The lowest BCUT2D eigenvalue weighted by Gasteiger charge is -2.15. The zero-order valence-corrected chi connectivity index (χ0v) is 5.77. The van der Waals surface area contributed by atoms with Gasteiger partial charge in [0, 0.05) is 11.8 Å². The van der Waals surface area contributed by atoms with E-state index < -0.39 is 6.41 Å². The van der Waals surface area contributed by atoms with Crippen LogP contribution in [0.3, 0.4) is 0 Å². The van der Waals surface area contributed by atoms with Crippen molar-refractivity contribution in [1.82, 2.24) is 0 Å². The van der Waals surface area contributed by atoms with Gasteiger partial charge < -0.3 is 9.84 Å². The van der Waals surface area contributed by atoms with Gasteiger partial charge in [0.2, 0.25) is 0 Å². The fourth-order valence-electron chi connectivity index (χ4n) is 0.983. The lowest BCUT2D eigenvalue weighted by Crippen LogP contribution is -2.17. The van der Waals surface area contributed by atoms with Crippen LogP contribution in [0.2, 0.25) is 0 Å². The molecule has 0 saturated carbocycles. The van der Waals surface area contributed by atoms with Gasteiger partial charge in [-0.25, -0.2) is 4.99 Å². The zero-order chi connectivity index (χ0) is 7.68. The maximum Gasteiger partial charge on any atom is 0.298 e. The van der Waals surface area contributed by atoms with E-state index in [1.54, 1.807) is 12.3 Å². The Bertz CT molecular complexity index is 296. The third-order valence-electron chi connectivity index (χ3n) is 1.49. The SMILES string of the molecule is OC1N=Cc2ccccc2O1. The quantitative estimate of drug-likeness (QED) is 0.592. The van der Waals surface area contributed by atoms with E-state index in [2.05, 4.69) is 4.99 Å². The van der Waals surface area contributed by atoms with Gasteiger partial charge in [-0.3, -0.25) is 0 Å². The molecule has 1 aliphatic heterocycles. The Kier molecular flexibility index (Phi) is 1.36.